The van der Waals surface area contributed by atoms with Crippen LogP contribution in [0.5, 0.6) is 0 Å². The first kappa shape index (κ1) is 17.7. The number of carbonyl (C=O) groups is 2. The highest BCUT2D eigenvalue weighted by Crippen LogP contribution is 2.30. The molecule has 25 heavy (non-hydrogen) atoms. The van der Waals surface area contributed by atoms with Gasteiger partial charge >= 0.3 is 0 Å². The molecular formula is C18H21BrN4O2. The van der Waals surface area contributed by atoms with Gasteiger partial charge in [-0.3, -0.25) is 14.7 Å². The van der Waals surface area contributed by atoms with Crippen LogP contribution in [0.3, 0.4) is 0 Å². The van der Waals surface area contributed by atoms with E-state index >= 15 is 0 Å². The molecule has 1 unspecified atom stereocenters. The molecule has 2 aromatic rings. The van der Waals surface area contributed by atoms with Crippen LogP contribution in [0, 0.1) is 0 Å². The maximum Gasteiger partial charge on any atom is 0.227 e. The molecule has 1 aliphatic rings. The van der Waals surface area contributed by atoms with Crippen molar-refractivity contribution in [2.75, 3.05) is 18.4 Å². The number of amides is 2. The third kappa shape index (κ3) is 4.28. The summed E-state index contributed by atoms with van der Waals surface area (Å²) in [6.07, 6.45) is 3.91. The lowest BCUT2D eigenvalue weighted by Gasteiger charge is -2.33. The van der Waals surface area contributed by atoms with Gasteiger partial charge in [-0.05, 0) is 24.5 Å². The highest BCUT2D eigenvalue weighted by atomic mass is 79.9. The maximum absolute atomic E-state index is 12.7. The number of hydrogen-bond donors (Lipinski definition) is 2. The first-order valence-electron chi connectivity index (χ1n) is 8.36. The van der Waals surface area contributed by atoms with Gasteiger partial charge in [-0.15, -0.1) is 0 Å². The number of aromatic amines is 1. The first-order valence-corrected chi connectivity index (χ1v) is 9.16. The largest absolute Gasteiger partial charge is 0.342 e. The lowest BCUT2D eigenvalue weighted by molar-refractivity contribution is -0.131. The second-order valence-corrected chi connectivity index (χ2v) is 7.18. The monoisotopic (exact) mass is 404 g/mol. The fraction of sp³-hybridized carbons (Fsp3) is 0.389. The smallest absolute Gasteiger partial charge is 0.227 e. The molecular weight excluding hydrogens is 384 g/mol. The van der Waals surface area contributed by atoms with E-state index in [1.54, 1.807) is 6.20 Å². The van der Waals surface area contributed by atoms with E-state index in [1.807, 2.05) is 29.2 Å². The van der Waals surface area contributed by atoms with E-state index in [0.717, 1.165) is 35.1 Å². The van der Waals surface area contributed by atoms with Crippen molar-refractivity contribution in [2.45, 2.75) is 32.1 Å². The molecule has 2 heterocycles. The number of likely N-dealkylation sites (tertiary alicyclic amines) is 1. The van der Waals surface area contributed by atoms with Crippen molar-refractivity contribution in [1.29, 1.82) is 0 Å². The van der Waals surface area contributed by atoms with Crippen LogP contribution in [0.2, 0.25) is 0 Å². The Morgan fingerprint density at radius 2 is 2.20 bits per heavy atom. The maximum atomic E-state index is 12.7. The molecule has 3 rings (SSSR count). The Labute approximate surface area is 155 Å². The summed E-state index contributed by atoms with van der Waals surface area (Å²) in [6.45, 7) is 2.88. The summed E-state index contributed by atoms with van der Waals surface area (Å²) in [5, 5.41) is 9.84. The fourth-order valence-corrected chi connectivity index (χ4v) is 3.68. The number of hydrogen-bond acceptors (Lipinski definition) is 3. The number of halogens is 1. The van der Waals surface area contributed by atoms with Crippen LogP contribution in [0.25, 0.3) is 0 Å². The average Bonchev–Trinajstić information content (AvgIpc) is 3.04. The second kappa shape index (κ2) is 7.82. The molecule has 132 valence electrons. The summed E-state index contributed by atoms with van der Waals surface area (Å²) in [4.78, 5) is 25.9. The minimum absolute atomic E-state index is 0.122. The number of rotatable bonds is 4. The van der Waals surface area contributed by atoms with Gasteiger partial charge in [0.1, 0.15) is 0 Å². The predicted molar refractivity (Wildman–Crippen MR) is 99.3 cm³/mol. The van der Waals surface area contributed by atoms with Crippen molar-refractivity contribution in [3.05, 3.63) is 46.2 Å². The van der Waals surface area contributed by atoms with Crippen LogP contribution in [0.15, 0.2) is 34.9 Å². The van der Waals surface area contributed by atoms with E-state index in [-0.39, 0.29) is 17.7 Å². The van der Waals surface area contributed by atoms with Crippen LogP contribution in [-0.4, -0.2) is 40.0 Å². The predicted octanol–water partition coefficient (Wildman–Crippen LogP) is 3.08. The van der Waals surface area contributed by atoms with Gasteiger partial charge in [-0.2, -0.15) is 5.10 Å². The Bertz CT molecular complexity index is 774. The average molecular weight is 405 g/mol. The molecule has 0 spiro atoms. The number of benzene rings is 1. The lowest BCUT2D eigenvalue weighted by atomic mass is 9.93. The van der Waals surface area contributed by atoms with Gasteiger partial charge in [0.25, 0.3) is 0 Å². The lowest BCUT2D eigenvalue weighted by Crippen LogP contribution is -2.40. The van der Waals surface area contributed by atoms with Gasteiger partial charge < -0.3 is 10.2 Å². The molecule has 6 nitrogen and oxygen atoms in total. The highest BCUT2D eigenvalue weighted by Gasteiger charge is 2.27. The summed E-state index contributed by atoms with van der Waals surface area (Å²) < 4.78 is 0.957. The summed E-state index contributed by atoms with van der Waals surface area (Å²) in [5.74, 6) is 0.152. The van der Waals surface area contributed by atoms with E-state index in [0.29, 0.717) is 18.7 Å². The third-order valence-corrected chi connectivity index (χ3v) is 5.23. The van der Waals surface area contributed by atoms with Gasteiger partial charge in [0.15, 0.2) is 0 Å². The number of H-pyrrole nitrogens is 1. The fourth-order valence-electron chi connectivity index (χ4n) is 3.25. The van der Waals surface area contributed by atoms with E-state index in [4.69, 9.17) is 0 Å². The Kier molecular flexibility index (Phi) is 5.53. The number of nitrogens with one attached hydrogen (secondary N) is 2. The quantitative estimate of drug-likeness (QED) is 0.821. The van der Waals surface area contributed by atoms with Crippen molar-refractivity contribution in [3.8, 4) is 0 Å². The van der Waals surface area contributed by atoms with Gasteiger partial charge in [-0.1, -0.05) is 34.1 Å². The highest BCUT2D eigenvalue weighted by molar-refractivity contribution is 9.10. The Morgan fingerprint density at radius 1 is 1.40 bits per heavy atom. The van der Waals surface area contributed by atoms with E-state index in [1.165, 1.54) is 6.92 Å². The number of nitrogens with zero attached hydrogens (tertiary/aromatic N) is 2. The molecule has 1 aliphatic heterocycles. The Morgan fingerprint density at radius 3 is 2.96 bits per heavy atom. The van der Waals surface area contributed by atoms with Crippen LogP contribution in [0.1, 0.15) is 36.9 Å². The molecule has 0 bridgehead atoms. The van der Waals surface area contributed by atoms with Crippen molar-refractivity contribution >= 4 is 33.4 Å². The van der Waals surface area contributed by atoms with Crippen LogP contribution in [-0.2, 0) is 16.0 Å². The molecule has 0 aliphatic carbocycles. The van der Waals surface area contributed by atoms with Gasteiger partial charge in [0.05, 0.1) is 24.0 Å². The molecule has 0 saturated carbocycles. The van der Waals surface area contributed by atoms with E-state index in [2.05, 4.69) is 31.4 Å². The van der Waals surface area contributed by atoms with Crippen LogP contribution in [0.4, 0.5) is 5.69 Å². The molecule has 1 saturated heterocycles. The minimum atomic E-state index is -0.125. The zero-order chi connectivity index (χ0) is 17.8. The molecule has 7 heteroatoms. The SMILES string of the molecule is CC(=O)Nc1cn[nH]c1C1CCCN(C(=O)Cc2ccccc2Br)C1. The van der Waals surface area contributed by atoms with Crippen molar-refractivity contribution < 1.29 is 9.59 Å². The van der Waals surface area contributed by atoms with E-state index in [9.17, 15) is 9.59 Å². The summed E-state index contributed by atoms with van der Waals surface area (Å²) in [7, 11) is 0. The number of anilines is 1. The number of aromatic nitrogens is 2. The standard InChI is InChI=1S/C18H21BrN4O2/c1-12(24)21-16-10-20-22-18(16)14-6-4-8-23(11-14)17(25)9-13-5-2-3-7-15(13)19/h2-3,5,7,10,14H,4,6,8-9,11H2,1H3,(H,20,22)(H,21,24). The first-order chi connectivity index (χ1) is 12.0. The Balaban J connectivity index is 1.69. The molecule has 0 radical (unpaired) electrons. The number of piperidine rings is 1. The summed E-state index contributed by atoms with van der Waals surface area (Å²) >= 11 is 3.50. The van der Waals surface area contributed by atoms with Crippen molar-refractivity contribution in [1.82, 2.24) is 15.1 Å². The van der Waals surface area contributed by atoms with Crippen molar-refractivity contribution in [2.24, 2.45) is 0 Å². The van der Waals surface area contributed by atoms with Gasteiger partial charge in [0.2, 0.25) is 11.8 Å². The summed E-state index contributed by atoms with van der Waals surface area (Å²) in [5.41, 5.74) is 2.60. The zero-order valence-corrected chi connectivity index (χ0v) is 15.7. The molecule has 1 aromatic heterocycles. The molecule has 2 amide bonds. The van der Waals surface area contributed by atoms with Crippen molar-refractivity contribution in [3.63, 3.8) is 0 Å². The topological polar surface area (TPSA) is 78.1 Å². The minimum Gasteiger partial charge on any atom is -0.342 e. The second-order valence-electron chi connectivity index (χ2n) is 6.33. The normalized spacial score (nSPS) is 17.4. The van der Waals surface area contributed by atoms with Crippen LogP contribution < -0.4 is 5.32 Å². The Hall–Kier alpha value is -2.15. The molecule has 1 atom stereocenters. The molecule has 1 aromatic carbocycles. The van der Waals surface area contributed by atoms with Gasteiger partial charge in [-0.25, -0.2) is 0 Å². The molecule has 1 fully saturated rings. The van der Waals surface area contributed by atoms with E-state index < -0.39 is 0 Å². The van der Waals surface area contributed by atoms with Gasteiger partial charge in [0, 0.05) is 30.4 Å². The zero-order valence-electron chi connectivity index (χ0n) is 14.1. The molecule has 2 N–H and O–H groups in total. The third-order valence-electron chi connectivity index (χ3n) is 4.46. The number of carbonyl (C=O) groups excluding carboxylic acids is 2. The van der Waals surface area contributed by atoms with Crippen LogP contribution >= 0.6 is 15.9 Å². The summed E-state index contributed by atoms with van der Waals surface area (Å²) in [6, 6.07) is 7.80.